The number of aryl methyl sites for hydroxylation is 1. The molecule has 1 atom stereocenters. The van der Waals surface area contributed by atoms with Crippen molar-refractivity contribution in [2.75, 3.05) is 0 Å². The first-order valence-electron chi connectivity index (χ1n) is 5.56. The Morgan fingerprint density at radius 1 is 1.39 bits per heavy atom. The molecule has 96 valence electrons. The van der Waals surface area contributed by atoms with Gasteiger partial charge in [0.1, 0.15) is 17.3 Å². The molecule has 2 aromatic rings. The molecule has 3 nitrogen and oxygen atoms in total. The molecule has 0 aliphatic carbocycles. The molecule has 5 heteroatoms. The largest absolute Gasteiger partial charge is 0.465 e. The first-order valence-corrected chi connectivity index (χ1v) is 5.94. The van der Waals surface area contributed by atoms with Crippen LogP contribution >= 0.6 is 11.6 Å². The van der Waals surface area contributed by atoms with Crippen molar-refractivity contribution in [3.05, 3.63) is 58.3 Å². The van der Waals surface area contributed by atoms with Crippen molar-refractivity contribution >= 4 is 11.6 Å². The fraction of sp³-hybridized carbons (Fsp3) is 0.231. The third-order valence-electron chi connectivity index (χ3n) is 2.74. The zero-order valence-corrected chi connectivity index (χ0v) is 10.7. The van der Waals surface area contributed by atoms with Gasteiger partial charge in [0.05, 0.1) is 6.04 Å². The molecule has 0 radical (unpaired) electrons. The molecule has 0 aliphatic heterocycles. The summed E-state index contributed by atoms with van der Waals surface area (Å²) in [5.41, 5.74) is 3.12. The maximum Gasteiger partial charge on any atom is 0.126 e. The summed E-state index contributed by atoms with van der Waals surface area (Å²) in [7, 11) is 0. The number of hydrogen-bond acceptors (Lipinski definition) is 3. The average Bonchev–Trinajstić information content (AvgIpc) is 2.77. The monoisotopic (exact) mass is 268 g/mol. The van der Waals surface area contributed by atoms with Crippen molar-refractivity contribution in [1.82, 2.24) is 5.43 Å². The van der Waals surface area contributed by atoms with Crippen LogP contribution in [0.2, 0.25) is 5.02 Å². The van der Waals surface area contributed by atoms with E-state index in [0.29, 0.717) is 22.8 Å². The molecule has 1 aromatic heterocycles. The van der Waals surface area contributed by atoms with Crippen LogP contribution < -0.4 is 11.3 Å². The van der Waals surface area contributed by atoms with Crippen LogP contribution in [0.4, 0.5) is 4.39 Å². The molecule has 18 heavy (non-hydrogen) atoms. The molecular formula is C13H14ClFN2O. The Hall–Kier alpha value is -1.36. The Labute approximate surface area is 110 Å². The minimum absolute atomic E-state index is 0.285. The number of nitrogens with two attached hydrogens (primary N) is 1. The van der Waals surface area contributed by atoms with E-state index in [-0.39, 0.29) is 11.9 Å². The minimum Gasteiger partial charge on any atom is -0.465 e. The molecule has 0 amide bonds. The van der Waals surface area contributed by atoms with E-state index in [2.05, 4.69) is 5.43 Å². The number of rotatable bonds is 4. The molecule has 0 aliphatic rings. The third kappa shape index (κ3) is 2.90. The molecule has 1 unspecified atom stereocenters. The van der Waals surface area contributed by atoms with Crippen LogP contribution in [0.3, 0.4) is 0 Å². The van der Waals surface area contributed by atoms with Gasteiger partial charge in [-0.25, -0.2) is 9.82 Å². The van der Waals surface area contributed by atoms with E-state index < -0.39 is 0 Å². The van der Waals surface area contributed by atoms with Crippen LogP contribution in [0.1, 0.15) is 23.1 Å². The number of halogens is 2. The number of furan rings is 1. The van der Waals surface area contributed by atoms with Gasteiger partial charge < -0.3 is 4.42 Å². The number of hydrogen-bond donors (Lipinski definition) is 2. The van der Waals surface area contributed by atoms with Crippen molar-refractivity contribution in [1.29, 1.82) is 0 Å². The van der Waals surface area contributed by atoms with Gasteiger partial charge in [-0.2, -0.15) is 0 Å². The van der Waals surface area contributed by atoms with Gasteiger partial charge in [0, 0.05) is 5.02 Å². The molecule has 0 bridgehead atoms. The number of nitrogens with one attached hydrogen (secondary N) is 1. The summed E-state index contributed by atoms with van der Waals surface area (Å²) in [6, 6.07) is 7.83. The van der Waals surface area contributed by atoms with Crippen molar-refractivity contribution in [3.8, 4) is 0 Å². The molecule has 1 heterocycles. The smallest absolute Gasteiger partial charge is 0.126 e. The van der Waals surface area contributed by atoms with Crippen LogP contribution in [-0.2, 0) is 6.42 Å². The van der Waals surface area contributed by atoms with Gasteiger partial charge in [0.15, 0.2) is 0 Å². The second-order valence-electron chi connectivity index (χ2n) is 4.11. The summed E-state index contributed by atoms with van der Waals surface area (Å²) in [5, 5.41) is 0.498. The maximum absolute atomic E-state index is 13.6. The minimum atomic E-state index is -0.303. The van der Waals surface area contributed by atoms with Gasteiger partial charge >= 0.3 is 0 Å². The van der Waals surface area contributed by atoms with Crippen LogP contribution in [0.15, 0.2) is 34.7 Å². The predicted molar refractivity (Wildman–Crippen MR) is 68.6 cm³/mol. The first-order chi connectivity index (χ1) is 8.60. The van der Waals surface area contributed by atoms with E-state index in [1.54, 1.807) is 6.07 Å². The molecular weight excluding hydrogens is 255 g/mol. The average molecular weight is 269 g/mol. The molecule has 0 fully saturated rings. The van der Waals surface area contributed by atoms with Crippen molar-refractivity contribution < 1.29 is 8.81 Å². The lowest BCUT2D eigenvalue weighted by Crippen LogP contribution is -2.29. The lowest BCUT2D eigenvalue weighted by molar-refractivity contribution is 0.400. The summed E-state index contributed by atoms with van der Waals surface area (Å²) in [6.45, 7) is 1.84. The summed E-state index contributed by atoms with van der Waals surface area (Å²) >= 11 is 5.85. The Morgan fingerprint density at radius 2 is 2.17 bits per heavy atom. The van der Waals surface area contributed by atoms with Crippen LogP contribution in [0.25, 0.3) is 0 Å². The summed E-state index contributed by atoms with van der Waals surface area (Å²) in [6.07, 6.45) is 0.371. The SMILES string of the molecule is Cc1ccc(C(Cc2cc(Cl)ccc2F)NN)o1. The molecule has 0 saturated heterocycles. The highest BCUT2D eigenvalue weighted by Gasteiger charge is 2.16. The summed E-state index contributed by atoms with van der Waals surface area (Å²) in [4.78, 5) is 0. The van der Waals surface area contributed by atoms with Crippen LogP contribution in [0.5, 0.6) is 0 Å². The number of benzene rings is 1. The Kier molecular flexibility index (Phi) is 4.01. The lowest BCUT2D eigenvalue weighted by atomic mass is 10.0. The van der Waals surface area contributed by atoms with Crippen molar-refractivity contribution in [2.45, 2.75) is 19.4 Å². The molecule has 2 rings (SSSR count). The quantitative estimate of drug-likeness (QED) is 0.662. The van der Waals surface area contributed by atoms with Crippen molar-refractivity contribution in [3.63, 3.8) is 0 Å². The predicted octanol–water partition coefficient (Wildman–Crippen LogP) is 3.13. The zero-order valence-electron chi connectivity index (χ0n) is 9.91. The van der Waals surface area contributed by atoms with Gasteiger partial charge in [-0.3, -0.25) is 5.84 Å². The standard InChI is InChI=1S/C13H14ClFN2O/c1-8-2-5-13(18-8)12(17-16)7-9-6-10(14)3-4-11(9)15/h2-6,12,17H,7,16H2,1H3. The van der Waals surface area contributed by atoms with Crippen LogP contribution in [0, 0.1) is 12.7 Å². The maximum atomic E-state index is 13.6. The van der Waals surface area contributed by atoms with Gasteiger partial charge in [-0.1, -0.05) is 11.6 Å². The van der Waals surface area contributed by atoms with E-state index in [0.717, 1.165) is 5.76 Å². The van der Waals surface area contributed by atoms with Gasteiger partial charge in [-0.15, -0.1) is 0 Å². The summed E-state index contributed by atoms with van der Waals surface area (Å²) < 4.78 is 19.1. The van der Waals surface area contributed by atoms with Gasteiger partial charge in [0.2, 0.25) is 0 Å². The molecule has 1 aromatic carbocycles. The van der Waals surface area contributed by atoms with Crippen molar-refractivity contribution in [2.24, 2.45) is 5.84 Å². The number of hydrazine groups is 1. The van der Waals surface area contributed by atoms with Gasteiger partial charge in [-0.05, 0) is 49.2 Å². The second-order valence-corrected chi connectivity index (χ2v) is 4.54. The molecule has 0 saturated carbocycles. The second kappa shape index (κ2) is 5.52. The Morgan fingerprint density at radius 3 is 2.78 bits per heavy atom. The normalized spacial score (nSPS) is 12.7. The van der Waals surface area contributed by atoms with E-state index in [1.165, 1.54) is 12.1 Å². The van der Waals surface area contributed by atoms with Gasteiger partial charge in [0.25, 0.3) is 0 Å². The van der Waals surface area contributed by atoms with E-state index >= 15 is 0 Å². The fourth-order valence-electron chi connectivity index (χ4n) is 1.80. The van der Waals surface area contributed by atoms with E-state index in [1.807, 2.05) is 19.1 Å². The highest BCUT2D eigenvalue weighted by Crippen LogP contribution is 2.23. The van der Waals surface area contributed by atoms with E-state index in [4.69, 9.17) is 21.9 Å². The zero-order chi connectivity index (χ0) is 13.1. The third-order valence-corrected chi connectivity index (χ3v) is 2.97. The Bertz CT molecular complexity index is 542. The Balaban J connectivity index is 2.22. The summed E-state index contributed by atoms with van der Waals surface area (Å²) in [5.74, 6) is 6.65. The topological polar surface area (TPSA) is 51.2 Å². The fourth-order valence-corrected chi connectivity index (χ4v) is 2.00. The highest BCUT2D eigenvalue weighted by molar-refractivity contribution is 6.30. The molecule has 3 N–H and O–H groups in total. The first kappa shape index (κ1) is 13.1. The van der Waals surface area contributed by atoms with E-state index in [9.17, 15) is 4.39 Å². The molecule has 0 spiro atoms. The highest BCUT2D eigenvalue weighted by atomic mass is 35.5. The van der Waals surface area contributed by atoms with Crippen LogP contribution in [-0.4, -0.2) is 0 Å². The lowest BCUT2D eigenvalue weighted by Gasteiger charge is -2.14.